The fraction of sp³-hybridized carbons (Fsp3) is 0.480. The molecule has 2 aliphatic rings. The maximum atomic E-state index is 11.5. The van der Waals surface area contributed by atoms with Gasteiger partial charge in [0.1, 0.15) is 12.2 Å². The Bertz CT molecular complexity index is 949. The number of aryl methyl sites for hydroxylation is 2. The fourth-order valence-electron chi connectivity index (χ4n) is 5.02. The number of para-hydroxylation sites is 2. The summed E-state index contributed by atoms with van der Waals surface area (Å²) in [6, 6.07) is 16.8. The van der Waals surface area contributed by atoms with Crippen LogP contribution in [0.1, 0.15) is 17.5 Å². The van der Waals surface area contributed by atoms with Gasteiger partial charge in [-0.05, 0) is 36.1 Å². The molecule has 4 N–H and O–H groups in total. The lowest BCUT2D eigenvalue weighted by Crippen LogP contribution is -2.68. The Balaban J connectivity index is 1.51. The molecule has 8 heteroatoms. The molecule has 5 atom stereocenters. The quantitative estimate of drug-likeness (QED) is 0.484. The number of aliphatic hydroxyl groups is 3. The minimum Gasteiger partial charge on any atom is -0.479 e. The van der Waals surface area contributed by atoms with Crippen molar-refractivity contribution in [2.75, 3.05) is 32.1 Å². The highest BCUT2D eigenvalue weighted by Gasteiger charge is 2.52. The van der Waals surface area contributed by atoms with E-state index in [1.54, 1.807) is 0 Å². The standard InChI is InChI=1S/C25H32N2O6/c1-27(2,24-22(30)20(28)21(29)23(33-24)25(31)32)15-7-14-26-18-10-5-3-8-16(18)12-13-17-9-4-6-11-19(17)26/h3-6,8-11,20-24,28-30H,7,12-15H2,1-2H3/p+1/t20?,21-,22?,23?,24+/m0/s1. The molecule has 0 amide bonds. The van der Waals surface area contributed by atoms with Crippen LogP contribution in [0, 0.1) is 0 Å². The van der Waals surface area contributed by atoms with E-state index in [0.29, 0.717) is 6.54 Å². The number of rotatable bonds is 6. The highest BCUT2D eigenvalue weighted by atomic mass is 16.6. The van der Waals surface area contributed by atoms with Crippen molar-refractivity contribution >= 4 is 17.3 Å². The van der Waals surface area contributed by atoms with Gasteiger partial charge >= 0.3 is 5.97 Å². The molecule has 178 valence electrons. The fourth-order valence-corrected chi connectivity index (χ4v) is 5.02. The van der Waals surface area contributed by atoms with Crippen molar-refractivity contribution in [3.63, 3.8) is 0 Å². The number of aliphatic carboxylic acids is 1. The molecule has 4 rings (SSSR count). The number of hydrogen-bond donors (Lipinski definition) is 4. The number of carboxylic acids is 1. The first-order valence-corrected chi connectivity index (χ1v) is 11.4. The summed E-state index contributed by atoms with van der Waals surface area (Å²) in [6.45, 7) is 1.30. The third-order valence-electron chi connectivity index (χ3n) is 6.87. The van der Waals surface area contributed by atoms with E-state index in [-0.39, 0.29) is 4.48 Å². The van der Waals surface area contributed by atoms with Gasteiger partial charge in [0.2, 0.25) is 6.23 Å². The van der Waals surface area contributed by atoms with Crippen LogP contribution < -0.4 is 4.90 Å². The zero-order chi connectivity index (χ0) is 23.8. The second-order valence-electron chi connectivity index (χ2n) is 9.52. The van der Waals surface area contributed by atoms with Crippen LogP contribution in [0.2, 0.25) is 0 Å². The Morgan fingerprint density at radius 1 is 0.939 bits per heavy atom. The Morgan fingerprint density at radius 3 is 2.03 bits per heavy atom. The number of hydrogen-bond acceptors (Lipinski definition) is 6. The number of quaternary nitrogens is 1. The Morgan fingerprint density at radius 2 is 1.48 bits per heavy atom. The van der Waals surface area contributed by atoms with Crippen LogP contribution in [0.15, 0.2) is 48.5 Å². The molecular formula is C25H33N2O6+. The van der Waals surface area contributed by atoms with Crippen LogP contribution in [0.4, 0.5) is 11.4 Å². The van der Waals surface area contributed by atoms with Gasteiger partial charge in [-0.3, -0.25) is 0 Å². The van der Waals surface area contributed by atoms with Crippen LogP contribution in [-0.2, 0) is 22.4 Å². The molecule has 2 aromatic rings. The van der Waals surface area contributed by atoms with Crippen LogP contribution in [0.25, 0.3) is 0 Å². The van der Waals surface area contributed by atoms with Crippen molar-refractivity contribution in [3.05, 3.63) is 59.7 Å². The second kappa shape index (κ2) is 9.40. The smallest absolute Gasteiger partial charge is 0.335 e. The number of aliphatic hydroxyl groups excluding tert-OH is 3. The van der Waals surface area contributed by atoms with E-state index in [1.165, 1.54) is 22.5 Å². The van der Waals surface area contributed by atoms with Gasteiger partial charge in [0.25, 0.3) is 0 Å². The molecule has 0 bridgehead atoms. The zero-order valence-corrected chi connectivity index (χ0v) is 19.0. The van der Waals surface area contributed by atoms with Crippen molar-refractivity contribution in [1.29, 1.82) is 0 Å². The topological polar surface area (TPSA) is 110 Å². The molecule has 1 fully saturated rings. The number of nitrogens with zero attached hydrogens (tertiary/aromatic N) is 2. The summed E-state index contributed by atoms with van der Waals surface area (Å²) >= 11 is 0. The molecule has 2 aliphatic heterocycles. The van der Waals surface area contributed by atoms with Crippen LogP contribution in [0.3, 0.4) is 0 Å². The number of fused-ring (bicyclic) bond motifs is 2. The van der Waals surface area contributed by atoms with Gasteiger partial charge in [0, 0.05) is 24.3 Å². The van der Waals surface area contributed by atoms with E-state index in [2.05, 4.69) is 41.3 Å². The summed E-state index contributed by atoms with van der Waals surface area (Å²) in [7, 11) is 3.67. The van der Waals surface area contributed by atoms with E-state index in [1.807, 2.05) is 26.2 Å². The summed E-state index contributed by atoms with van der Waals surface area (Å²) in [4.78, 5) is 13.8. The van der Waals surface area contributed by atoms with Crippen LogP contribution >= 0.6 is 0 Å². The van der Waals surface area contributed by atoms with Crippen LogP contribution in [0.5, 0.6) is 0 Å². The van der Waals surface area contributed by atoms with Crippen LogP contribution in [-0.4, -0.2) is 88.7 Å². The predicted molar refractivity (Wildman–Crippen MR) is 123 cm³/mol. The van der Waals surface area contributed by atoms with Crippen molar-refractivity contribution < 1.29 is 34.4 Å². The van der Waals surface area contributed by atoms with Gasteiger partial charge in [0.05, 0.1) is 20.6 Å². The maximum Gasteiger partial charge on any atom is 0.335 e. The molecule has 2 aromatic carbocycles. The van der Waals surface area contributed by atoms with E-state index in [9.17, 15) is 25.2 Å². The normalized spacial score (nSPS) is 27.4. The minimum atomic E-state index is -1.68. The molecule has 0 saturated carbocycles. The lowest BCUT2D eigenvalue weighted by Gasteiger charge is -2.46. The predicted octanol–water partition coefficient (Wildman–Crippen LogP) is 1.28. The molecule has 0 aromatic heterocycles. The molecule has 8 nitrogen and oxygen atoms in total. The average Bonchev–Trinajstić information content (AvgIpc) is 2.94. The van der Waals surface area contributed by atoms with Gasteiger partial charge in [-0.15, -0.1) is 0 Å². The first-order valence-electron chi connectivity index (χ1n) is 11.4. The highest BCUT2D eigenvalue weighted by Crippen LogP contribution is 2.36. The van der Waals surface area contributed by atoms with Gasteiger partial charge in [-0.1, -0.05) is 36.4 Å². The number of likely N-dealkylation sites (N-methyl/N-ethyl adjacent to an activating group) is 1. The third kappa shape index (κ3) is 4.62. The first-order chi connectivity index (χ1) is 15.7. The third-order valence-corrected chi connectivity index (χ3v) is 6.87. The van der Waals surface area contributed by atoms with Gasteiger partial charge in [-0.2, -0.15) is 0 Å². The first kappa shape index (κ1) is 23.7. The van der Waals surface area contributed by atoms with Gasteiger partial charge in [0.15, 0.2) is 12.2 Å². The number of carbonyl (C=O) groups is 1. The molecule has 0 aliphatic carbocycles. The number of benzene rings is 2. The highest BCUT2D eigenvalue weighted by molar-refractivity contribution is 5.73. The van der Waals surface area contributed by atoms with E-state index >= 15 is 0 Å². The molecule has 1 saturated heterocycles. The van der Waals surface area contributed by atoms with Crippen molar-refractivity contribution in [3.8, 4) is 0 Å². The molecule has 2 heterocycles. The lowest BCUT2D eigenvalue weighted by molar-refractivity contribution is -0.944. The summed E-state index contributed by atoms with van der Waals surface area (Å²) in [5.74, 6) is -1.36. The Labute approximate surface area is 193 Å². The van der Waals surface area contributed by atoms with Gasteiger partial charge < -0.3 is 34.5 Å². The minimum absolute atomic E-state index is 0.145. The van der Waals surface area contributed by atoms with Gasteiger partial charge in [-0.25, -0.2) is 4.79 Å². The average molecular weight is 458 g/mol. The summed E-state index contributed by atoms with van der Waals surface area (Å²) in [5.41, 5.74) is 4.97. The number of carboxylic acid groups (broad SMARTS) is 1. The molecule has 0 radical (unpaired) electrons. The molecular weight excluding hydrogens is 424 g/mol. The van der Waals surface area contributed by atoms with E-state index in [4.69, 9.17) is 4.74 Å². The summed E-state index contributed by atoms with van der Waals surface area (Å²) in [6.07, 6.45) is -4.55. The number of anilines is 2. The number of ether oxygens (including phenoxy) is 1. The lowest BCUT2D eigenvalue weighted by atomic mass is 9.96. The molecule has 3 unspecified atom stereocenters. The van der Waals surface area contributed by atoms with Crippen molar-refractivity contribution in [2.45, 2.75) is 49.9 Å². The monoisotopic (exact) mass is 457 g/mol. The Hall–Kier alpha value is -2.49. The SMILES string of the molecule is C[N+](C)(CCCN1c2ccccc2CCc2ccccc21)[C@@H]1OC(C(=O)O)[C@@H](O)C(O)C1O. The largest absolute Gasteiger partial charge is 0.479 e. The maximum absolute atomic E-state index is 11.5. The van der Waals surface area contributed by atoms with Crippen molar-refractivity contribution in [1.82, 2.24) is 0 Å². The Kier molecular flexibility index (Phi) is 6.74. The summed E-state index contributed by atoms with van der Waals surface area (Å²) < 4.78 is 5.73. The zero-order valence-electron chi connectivity index (χ0n) is 19.0. The van der Waals surface area contributed by atoms with Crippen molar-refractivity contribution in [2.24, 2.45) is 0 Å². The van der Waals surface area contributed by atoms with E-state index in [0.717, 1.165) is 25.8 Å². The summed E-state index contributed by atoms with van der Waals surface area (Å²) in [5, 5.41) is 40.1. The van der Waals surface area contributed by atoms with E-state index < -0.39 is 36.6 Å². The molecule has 33 heavy (non-hydrogen) atoms. The molecule has 0 spiro atoms. The second-order valence-corrected chi connectivity index (χ2v) is 9.52.